The normalized spacial score (nSPS) is 10.5. The van der Waals surface area contributed by atoms with Gasteiger partial charge in [0.25, 0.3) is 0 Å². The van der Waals surface area contributed by atoms with Gasteiger partial charge in [0.05, 0.1) is 12.8 Å². The minimum atomic E-state index is -0.972. The van der Waals surface area contributed by atoms with Crippen LogP contribution in [0, 0.1) is 0 Å². The van der Waals surface area contributed by atoms with Gasteiger partial charge in [-0.2, -0.15) is 0 Å². The molecule has 0 radical (unpaired) electrons. The minimum Gasteiger partial charge on any atom is -0.497 e. The highest BCUT2D eigenvalue weighted by Crippen LogP contribution is 2.34. The first-order valence-electron chi connectivity index (χ1n) is 6.73. The maximum atomic E-state index is 11.5. The fourth-order valence-electron chi connectivity index (χ4n) is 2.13. The maximum Gasteiger partial charge on any atom is 0.348 e. The largest absolute Gasteiger partial charge is 0.497 e. The van der Waals surface area contributed by atoms with E-state index in [1.807, 2.05) is 48.5 Å². The van der Waals surface area contributed by atoms with E-state index in [0.717, 1.165) is 21.3 Å². The smallest absolute Gasteiger partial charge is 0.348 e. The summed E-state index contributed by atoms with van der Waals surface area (Å²) >= 11 is 4.54. The predicted molar refractivity (Wildman–Crippen MR) is 94.2 cm³/mol. The average molecular weight is 390 g/mol. The lowest BCUT2D eigenvalue weighted by Crippen LogP contribution is -1.95. The van der Waals surface area contributed by atoms with Gasteiger partial charge in [0.1, 0.15) is 15.6 Å². The molecule has 0 saturated heterocycles. The van der Waals surface area contributed by atoms with Gasteiger partial charge in [0.15, 0.2) is 0 Å². The van der Waals surface area contributed by atoms with Gasteiger partial charge in [0.2, 0.25) is 0 Å². The van der Waals surface area contributed by atoms with Gasteiger partial charge in [0, 0.05) is 15.6 Å². The van der Waals surface area contributed by atoms with E-state index in [9.17, 15) is 9.90 Å². The predicted octanol–water partition coefficient (Wildman–Crippen LogP) is 4.95. The van der Waals surface area contributed by atoms with Crippen LogP contribution in [-0.2, 0) is 0 Å². The molecule has 0 saturated carbocycles. The van der Waals surface area contributed by atoms with Crippen molar-refractivity contribution in [2.75, 3.05) is 7.11 Å². The van der Waals surface area contributed by atoms with Crippen LogP contribution < -0.4 is 4.74 Å². The van der Waals surface area contributed by atoms with Crippen LogP contribution in [0.2, 0.25) is 0 Å². The fourth-order valence-corrected chi connectivity index (χ4v) is 3.32. The third-order valence-corrected chi connectivity index (χ3v) is 4.90. The molecule has 0 fully saturated rings. The molecular formula is C17H12BrNO3S. The Morgan fingerprint density at radius 3 is 2.26 bits per heavy atom. The summed E-state index contributed by atoms with van der Waals surface area (Å²) in [5.41, 5.74) is 2.13. The summed E-state index contributed by atoms with van der Waals surface area (Å²) in [5.74, 6) is -0.225. The summed E-state index contributed by atoms with van der Waals surface area (Å²) in [6.45, 7) is 0. The van der Waals surface area contributed by atoms with E-state index in [4.69, 9.17) is 4.74 Å². The van der Waals surface area contributed by atoms with Crippen molar-refractivity contribution in [3.8, 4) is 27.6 Å². The van der Waals surface area contributed by atoms with Crippen molar-refractivity contribution in [3.05, 3.63) is 57.9 Å². The highest BCUT2D eigenvalue weighted by Gasteiger charge is 2.19. The molecule has 0 unspecified atom stereocenters. The molecular weight excluding hydrogens is 378 g/mol. The molecule has 1 heterocycles. The molecule has 1 aromatic heterocycles. The Hall–Kier alpha value is -2.18. The first-order chi connectivity index (χ1) is 11.1. The van der Waals surface area contributed by atoms with Crippen LogP contribution in [-0.4, -0.2) is 23.2 Å². The molecule has 0 spiro atoms. The number of halogens is 1. The molecule has 1 N–H and O–H groups in total. The molecule has 0 atom stereocenters. The topological polar surface area (TPSA) is 59.4 Å². The van der Waals surface area contributed by atoms with Crippen LogP contribution >= 0.6 is 27.3 Å². The second-order valence-corrected chi connectivity index (χ2v) is 6.65. The van der Waals surface area contributed by atoms with Crippen molar-refractivity contribution in [2.24, 2.45) is 0 Å². The molecule has 0 aliphatic heterocycles. The zero-order valence-electron chi connectivity index (χ0n) is 12.1. The summed E-state index contributed by atoms with van der Waals surface area (Å²) < 4.78 is 6.07. The Balaban J connectivity index is 2.07. The number of carboxylic acids is 1. The monoisotopic (exact) mass is 389 g/mol. The van der Waals surface area contributed by atoms with Crippen molar-refractivity contribution in [1.82, 2.24) is 4.98 Å². The Bertz CT molecular complexity index is 841. The number of carbonyl (C=O) groups is 1. The number of nitrogens with zero attached hydrogens (tertiary/aromatic N) is 1. The lowest BCUT2D eigenvalue weighted by molar-refractivity contribution is 0.0702. The van der Waals surface area contributed by atoms with Gasteiger partial charge >= 0.3 is 5.97 Å². The third-order valence-electron chi connectivity index (χ3n) is 3.28. The van der Waals surface area contributed by atoms with Gasteiger partial charge in [-0.05, 0) is 36.4 Å². The standard InChI is InChI=1S/C17H12BrNO3S/c1-22-13-8-4-11(5-9-13)16-19-14(15(23-16)17(20)21)10-2-6-12(18)7-3-10/h2-9H,1H3,(H,20,21). The number of carboxylic acid groups (broad SMARTS) is 1. The van der Waals surface area contributed by atoms with Crippen LogP contribution in [0.3, 0.4) is 0 Å². The molecule has 6 heteroatoms. The highest BCUT2D eigenvalue weighted by molar-refractivity contribution is 9.10. The number of thiazole rings is 1. The molecule has 0 amide bonds. The van der Waals surface area contributed by atoms with Gasteiger partial charge in [-0.1, -0.05) is 28.1 Å². The summed E-state index contributed by atoms with van der Waals surface area (Å²) in [6.07, 6.45) is 0. The van der Waals surface area contributed by atoms with Gasteiger partial charge in [-0.15, -0.1) is 11.3 Å². The van der Waals surface area contributed by atoms with Crippen LogP contribution in [0.1, 0.15) is 9.67 Å². The van der Waals surface area contributed by atoms with Crippen molar-refractivity contribution in [1.29, 1.82) is 0 Å². The maximum absolute atomic E-state index is 11.5. The second-order valence-electron chi connectivity index (χ2n) is 4.74. The summed E-state index contributed by atoms with van der Waals surface area (Å²) in [5, 5.41) is 10.1. The van der Waals surface area contributed by atoms with E-state index in [0.29, 0.717) is 10.7 Å². The van der Waals surface area contributed by atoms with Crippen LogP contribution in [0.5, 0.6) is 5.75 Å². The Morgan fingerprint density at radius 2 is 1.70 bits per heavy atom. The number of aromatic carboxylic acids is 1. The van der Waals surface area contributed by atoms with E-state index in [-0.39, 0.29) is 4.88 Å². The second kappa shape index (κ2) is 6.52. The van der Waals surface area contributed by atoms with Gasteiger partial charge in [-0.25, -0.2) is 9.78 Å². The molecule has 3 rings (SSSR count). The molecule has 0 bridgehead atoms. The number of hydrogen-bond acceptors (Lipinski definition) is 4. The molecule has 2 aromatic carbocycles. The number of methoxy groups -OCH3 is 1. The first-order valence-corrected chi connectivity index (χ1v) is 8.34. The number of aromatic nitrogens is 1. The van der Waals surface area contributed by atoms with E-state index < -0.39 is 5.97 Å². The molecule has 4 nitrogen and oxygen atoms in total. The number of ether oxygens (including phenoxy) is 1. The summed E-state index contributed by atoms with van der Waals surface area (Å²) in [4.78, 5) is 16.3. The number of rotatable bonds is 4. The SMILES string of the molecule is COc1ccc(-c2nc(-c3ccc(Br)cc3)c(C(=O)O)s2)cc1. The van der Waals surface area contributed by atoms with Gasteiger partial charge in [-0.3, -0.25) is 0 Å². The van der Waals surface area contributed by atoms with Gasteiger partial charge < -0.3 is 9.84 Å². The Labute approximate surface area is 145 Å². The van der Waals surface area contributed by atoms with E-state index in [2.05, 4.69) is 20.9 Å². The molecule has 0 aliphatic carbocycles. The molecule has 23 heavy (non-hydrogen) atoms. The van der Waals surface area contributed by atoms with Crippen LogP contribution in [0.4, 0.5) is 0 Å². The quantitative estimate of drug-likeness (QED) is 0.685. The van der Waals surface area contributed by atoms with E-state index >= 15 is 0 Å². The number of benzene rings is 2. The Kier molecular flexibility index (Phi) is 4.45. The highest BCUT2D eigenvalue weighted by atomic mass is 79.9. The lowest BCUT2D eigenvalue weighted by atomic mass is 10.1. The fraction of sp³-hybridized carbons (Fsp3) is 0.0588. The zero-order valence-corrected chi connectivity index (χ0v) is 14.5. The van der Waals surface area contributed by atoms with Crippen LogP contribution in [0.15, 0.2) is 53.0 Å². The molecule has 116 valence electrons. The Morgan fingerprint density at radius 1 is 1.09 bits per heavy atom. The van der Waals surface area contributed by atoms with Crippen molar-refractivity contribution < 1.29 is 14.6 Å². The molecule has 3 aromatic rings. The van der Waals surface area contributed by atoms with Crippen molar-refractivity contribution >= 4 is 33.2 Å². The van der Waals surface area contributed by atoms with Crippen LogP contribution in [0.25, 0.3) is 21.8 Å². The molecule has 0 aliphatic rings. The van der Waals surface area contributed by atoms with E-state index in [1.54, 1.807) is 7.11 Å². The lowest BCUT2D eigenvalue weighted by Gasteiger charge is -2.00. The van der Waals surface area contributed by atoms with Crippen molar-refractivity contribution in [3.63, 3.8) is 0 Å². The van der Waals surface area contributed by atoms with Crippen molar-refractivity contribution in [2.45, 2.75) is 0 Å². The number of hydrogen-bond donors (Lipinski definition) is 1. The van der Waals surface area contributed by atoms with E-state index in [1.165, 1.54) is 11.3 Å². The minimum absolute atomic E-state index is 0.234. The summed E-state index contributed by atoms with van der Waals surface area (Å²) in [6, 6.07) is 14.8. The third kappa shape index (κ3) is 3.28. The average Bonchev–Trinajstić information content (AvgIpc) is 3.01. The zero-order chi connectivity index (χ0) is 16.4. The first kappa shape index (κ1) is 15.7. The summed E-state index contributed by atoms with van der Waals surface area (Å²) in [7, 11) is 1.60.